The number of para-hydroxylation sites is 1. The molecule has 0 spiro atoms. The zero-order valence-electron chi connectivity index (χ0n) is 18.4. The first-order valence-electron chi connectivity index (χ1n) is 11.1. The van der Waals surface area contributed by atoms with Crippen LogP contribution < -0.4 is 9.04 Å². The molecule has 0 amide bonds. The smallest absolute Gasteiger partial charge is 0.404 e. The third-order valence-corrected chi connectivity index (χ3v) is 7.48. The summed E-state index contributed by atoms with van der Waals surface area (Å²) in [6, 6.07) is 18.7. The van der Waals surface area contributed by atoms with Crippen molar-refractivity contribution in [2.24, 2.45) is 0 Å². The van der Waals surface area contributed by atoms with Crippen molar-refractivity contribution < 1.29 is 26.3 Å². The van der Waals surface area contributed by atoms with Gasteiger partial charge in [0.2, 0.25) is 10.0 Å². The van der Waals surface area contributed by atoms with Gasteiger partial charge in [0.05, 0.1) is 17.9 Å². The molecule has 0 N–H and O–H groups in total. The van der Waals surface area contributed by atoms with E-state index in [9.17, 15) is 21.6 Å². The minimum Gasteiger partial charge on any atom is -0.457 e. The Morgan fingerprint density at radius 3 is 2.26 bits per heavy atom. The minimum atomic E-state index is -4.87. The second kappa shape index (κ2) is 10.0. The van der Waals surface area contributed by atoms with E-state index in [1.54, 1.807) is 30.3 Å². The van der Waals surface area contributed by atoms with E-state index in [2.05, 4.69) is 11.1 Å². The van der Waals surface area contributed by atoms with Crippen LogP contribution in [0.4, 0.5) is 18.9 Å². The highest BCUT2D eigenvalue weighted by Gasteiger charge is 2.38. The lowest BCUT2D eigenvalue weighted by Gasteiger charge is -2.25. The number of pyridine rings is 1. The number of rotatable bonds is 8. The Balaban J connectivity index is 1.59. The summed E-state index contributed by atoms with van der Waals surface area (Å²) in [5, 5.41) is 0. The largest absolute Gasteiger partial charge is 0.457 e. The van der Waals surface area contributed by atoms with E-state index >= 15 is 0 Å². The molecule has 1 heterocycles. The molecule has 9 heteroatoms. The third kappa shape index (κ3) is 6.08. The van der Waals surface area contributed by atoms with Gasteiger partial charge in [-0.3, -0.25) is 9.29 Å². The van der Waals surface area contributed by atoms with Gasteiger partial charge in [0.1, 0.15) is 11.5 Å². The summed E-state index contributed by atoms with van der Waals surface area (Å²) in [4.78, 5) is 4.06. The van der Waals surface area contributed by atoms with E-state index in [0.29, 0.717) is 17.4 Å². The predicted octanol–water partition coefficient (Wildman–Crippen LogP) is 6.43. The lowest BCUT2D eigenvalue weighted by molar-refractivity contribution is -0.106. The number of sulfonamides is 1. The van der Waals surface area contributed by atoms with Crippen molar-refractivity contribution in [3.63, 3.8) is 0 Å². The standard InChI is InChI=1S/C25H25F3N2O3S/c26-25(27,28)18-34(31,32)30(17-20-9-5-6-16-29-20)21-12-14-22(15-13-21)33-24-11-4-3-10-23(24)19-7-1-2-8-19/h3-6,9-16,19H,1-2,7-8,17-18H2. The topological polar surface area (TPSA) is 59.5 Å². The number of benzene rings is 2. The summed E-state index contributed by atoms with van der Waals surface area (Å²) in [6.45, 7) is -0.316. The van der Waals surface area contributed by atoms with Crippen LogP contribution >= 0.6 is 0 Å². The van der Waals surface area contributed by atoms with Crippen molar-refractivity contribution in [3.05, 3.63) is 84.2 Å². The Morgan fingerprint density at radius 2 is 1.62 bits per heavy atom. The Bertz CT molecular complexity index is 1190. The highest BCUT2D eigenvalue weighted by Crippen LogP contribution is 2.40. The van der Waals surface area contributed by atoms with Gasteiger partial charge in [-0.05, 0) is 66.8 Å². The van der Waals surface area contributed by atoms with E-state index in [-0.39, 0.29) is 12.2 Å². The fourth-order valence-corrected chi connectivity index (χ4v) is 5.57. The summed E-state index contributed by atoms with van der Waals surface area (Å²) >= 11 is 0. The normalized spacial score (nSPS) is 14.8. The first kappa shape index (κ1) is 24.1. The molecule has 2 aromatic carbocycles. The van der Waals surface area contributed by atoms with E-state index in [1.807, 2.05) is 18.2 Å². The van der Waals surface area contributed by atoms with Gasteiger partial charge in [-0.25, -0.2) is 8.42 Å². The average molecular weight is 491 g/mol. The number of ether oxygens (including phenoxy) is 1. The van der Waals surface area contributed by atoms with Gasteiger partial charge < -0.3 is 4.74 Å². The van der Waals surface area contributed by atoms with Crippen LogP contribution in [0.2, 0.25) is 0 Å². The number of hydrogen-bond acceptors (Lipinski definition) is 4. The number of alkyl halides is 3. The quantitative estimate of drug-likeness (QED) is 0.365. The van der Waals surface area contributed by atoms with Gasteiger partial charge >= 0.3 is 6.18 Å². The third-order valence-electron chi connectivity index (χ3n) is 5.78. The Kier molecular flexibility index (Phi) is 7.11. The second-order valence-corrected chi connectivity index (χ2v) is 10.2. The fourth-order valence-electron chi connectivity index (χ4n) is 4.23. The second-order valence-electron chi connectivity index (χ2n) is 8.31. The zero-order valence-corrected chi connectivity index (χ0v) is 19.2. The molecule has 0 radical (unpaired) electrons. The average Bonchev–Trinajstić information content (AvgIpc) is 3.32. The predicted molar refractivity (Wildman–Crippen MR) is 124 cm³/mol. The summed E-state index contributed by atoms with van der Waals surface area (Å²) in [6.07, 6.45) is 1.19. The van der Waals surface area contributed by atoms with Crippen LogP contribution in [-0.2, 0) is 16.6 Å². The molecule has 1 fully saturated rings. The molecule has 180 valence electrons. The SMILES string of the molecule is O=S(=O)(CC(F)(F)F)N(Cc1ccccn1)c1ccc(Oc2ccccc2C2CCCC2)cc1. The van der Waals surface area contributed by atoms with Gasteiger partial charge in [-0.1, -0.05) is 37.1 Å². The molecular weight excluding hydrogens is 465 g/mol. The Labute approximate surface area is 197 Å². The van der Waals surface area contributed by atoms with Gasteiger partial charge in [-0.15, -0.1) is 0 Å². The molecule has 0 saturated heterocycles. The maximum absolute atomic E-state index is 13.0. The van der Waals surface area contributed by atoms with E-state index in [1.165, 1.54) is 31.2 Å². The molecule has 4 rings (SSSR count). The molecule has 0 unspecified atom stereocenters. The Morgan fingerprint density at radius 1 is 0.941 bits per heavy atom. The first-order valence-corrected chi connectivity index (χ1v) is 12.7. The fraction of sp³-hybridized carbons (Fsp3) is 0.320. The molecule has 5 nitrogen and oxygen atoms in total. The highest BCUT2D eigenvalue weighted by atomic mass is 32.2. The van der Waals surface area contributed by atoms with E-state index in [0.717, 1.165) is 28.5 Å². The minimum absolute atomic E-state index is 0.103. The maximum atomic E-state index is 13.0. The van der Waals surface area contributed by atoms with Gasteiger partial charge in [0.25, 0.3) is 0 Å². The number of anilines is 1. The van der Waals surface area contributed by atoms with Crippen LogP contribution in [0.15, 0.2) is 72.9 Å². The molecule has 3 aromatic rings. The highest BCUT2D eigenvalue weighted by molar-refractivity contribution is 7.92. The zero-order chi connectivity index (χ0) is 24.2. The molecule has 34 heavy (non-hydrogen) atoms. The number of hydrogen-bond donors (Lipinski definition) is 0. The monoisotopic (exact) mass is 490 g/mol. The molecule has 1 aromatic heterocycles. The van der Waals surface area contributed by atoms with Crippen LogP contribution in [-0.4, -0.2) is 25.3 Å². The van der Waals surface area contributed by atoms with Crippen molar-refractivity contribution in [1.82, 2.24) is 4.98 Å². The van der Waals surface area contributed by atoms with Crippen molar-refractivity contribution >= 4 is 15.7 Å². The van der Waals surface area contributed by atoms with Crippen LogP contribution in [0.1, 0.15) is 42.9 Å². The molecule has 1 saturated carbocycles. The number of aromatic nitrogens is 1. The van der Waals surface area contributed by atoms with Crippen molar-refractivity contribution in [2.45, 2.75) is 44.3 Å². The summed E-state index contributed by atoms with van der Waals surface area (Å²) in [7, 11) is -4.69. The van der Waals surface area contributed by atoms with Crippen LogP contribution in [0, 0.1) is 0 Å². The summed E-state index contributed by atoms with van der Waals surface area (Å²) in [5.41, 5.74) is 1.57. The van der Waals surface area contributed by atoms with E-state index in [4.69, 9.17) is 4.74 Å². The van der Waals surface area contributed by atoms with Gasteiger partial charge in [0.15, 0.2) is 5.75 Å². The number of halogens is 3. The molecule has 0 aliphatic heterocycles. The first-order chi connectivity index (χ1) is 16.2. The molecular formula is C25H25F3N2O3S. The maximum Gasteiger partial charge on any atom is 0.404 e. The van der Waals surface area contributed by atoms with Crippen molar-refractivity contribution in [2.75, 3.05) is 10.1 Å². The van der Waals surface area contributed by atoms with Crippen molar-refractivity contribution in [3.8, 4) is 11.5 Å². The number of nitrogens with zero attached hydrogens (tertiary/aromatic N) is 2. The van der Waals surface area contributed by atoms with Crippen LogP contribution in [0.25, 0.3) is 0 Å². The van der Waals surface area contributed by atoms with Gasteiger partial charge in [0, 0.05) is 6.20 Å². The lowest BCUT2D eigenvalue weighted by atomic mass is 9.97. The molecule has 1 aliphatic carbocycles. The molecule has 0 bridgehead atoms. The molecule has 1 aliphatic rings. The van der Waals surface area contributed by atoms with E-state index < -0.39 is 22.0 Å². The van der Waals surface area contributed by atoms with Crippen molar-refractivity contribution in [1.29, 1.82) is 0 Å². The van der Waals surface area contributed by atoms with Gasteiger partial charge in [-0.2, -0.15) is 13.2 Å². The lowest BCUT2D eigenvalue weighted by Crippen LogP contribution is -2.37. The van der Waals surface area contributed by atoms with Crippen LogP contribution in [0.3, 0.4) is 0 Å². The summed E-state index contributed by atoms with van der Waals surface area (Å²) in [5.74, 6) is -0.311. The Hall–Kier alpha value is -3.07. The summed E-state index contributed by atoms with van der Waals surface area (Å²) < 4.78 is 71.1. The molecule has 0 atom stereocenters. The van der Waals surface area contributed by atoms with Crippen LogP contribution in [0.5, 0.6) is 11.5 Å².